The standard InChI is InChI=1S/C26H31N7O6/c1-26(2,3)39-25(38)32-11-9-15(10-12-32)19-13-20(34)29-21-18(14-28-33(19)21)24(37)31-30-23(36)17-7-5-16(6-8-17)22(35)27-4/h5-8,13-15H,9-12H2,1-4H3,(H,27,35)(H,29,34)(H,30,36)(H,31,37). The first-order valence-electron chi connectivity index (χ1n) is 12.5. The zero-order valence-electron chi connectivity index (χ0n) is 22.2. The van der Waals surface area contributed by atoms with Gasteiger partial charge in [-0.3, -0.25) is 30.0 Å². The molecule has 3 aromatic rings. The lowest BCUT2D eigenvalue weighted by molar-refractivity contribution is 0.0203. The van der Waals surface area contributed by atoms with Crippen LogP contribution in [-0.2, 0) is 4.74 Å². The minimum Gasteiger partial charge on any atom is -0.444 e. The van der Waals surface area contributed by atoms with Gasteiger partial charge in [0.15, 0.2) is 0 Å². The third kappa shape index (κ3) is 6.25. The second-order valence-corrected chi connectivity index (χ2v) is 10.2. The van der Waals surface area contributed by atoms with Gasteiger partial charge >= 0.3 is 6.09 Å². The molecule has 39 heavy (non-hydrogen) atoms. The average Bonchev–Trinajstić information content (AvgIpc) is 3.33. The summed E-state index contributed by atoms with van der Waals surface area (Å²) in [5.74, 6) is -1.62. The number of nitrogens with one attached hydrogen (secondary N) is 4. The summed E-state index contributed by atoms with van der Waals surface area (Å²) < 4.78 is 6.95. The Morgan fingerprint density at radius 3 is 2.15 bits per heavy atom. The van der Waals surface area contributed by atoms with Crippen LogP contribution in [0.2, 0.25) is 0 Å². The highest BCUT2D eigenvalue weighted by molar-refractivity contribution is 6.02. The summed E-state index contributed by atoms with van der Waals surface area (Å²) in [6, 6.07) is 7.34. The molecule has 1 aromatic carbocycles. The Kier molecular flexibility index (Phi) is 7.70. The normalized spacial score (nSPS) is 14.1. The van der Waals surface area contributed by atoms with Gasteiger partial charge in [0.05, 0.1) is 11.9 Å². The summed E-state index contributed by atoms with van der Waals surface area (Å²) in [4.78, 5) is 66.1. The lowest BCUT2D eigenvalue weighted by Crippen LogP contribution is -2.42. The highest BCUT2D eigenvalue weighted by Gasteiger charge is 2.29. The van der Waals surface area contributed by atoms with Crippen LogP contribution in [0.15, 0.2) is 41.3 Å². The number of hydrogen-bond acceptors (Lipinski definition) is 7. The smallest absolute Gasteiger partial charge is 0.410 e. The average molecular weight is 538 g/mol. The maximum absolute atomic E-state index is 12.9. The number of carbonyl (C=O) groups excluding carboxylic acids is 4. The van der Waals surface area contributed by atoms with Crippen molar-refractivity contribution in [3.05, 3.63) is 69.3 Å². The molecule has 0 saturated carbocycles. The highest BCUT2D eigenvalue weighted by Crippen LogP contribution is 2.28. The van der Waals surface area contributed by atoms with Crippen LogP contribution in [-0.4, -0.2) is 69.1 Å². The van der Waals surface area contributed by atoms with Gasteiger partial charge in [0.25, 0.3) is 23.3 Å². The zero-order valence-corrected chi connectivity index (χ0v) is 22.2. The van der Waals surface area contributed by atoms with Gasteiger partial charge in [-0.05, 0) is 57.9 Å². The Labute approximate surface area is 223 Å². The van der Waals surface area contributed by atoms with Gasteiger partial charge in [0.1, 0.15) is 16.8 Å². The molecule has 0 spiro atoms. The minimum absolute atomic E-state index is 0.0652. The Hall–Kier alpha value is -4.68. The third-order valence-corrected chi connectivity index (χ3v) is 6.27. The highest BCUT2D eigenvalue weighted by atomic mass is 16.6. The summed E-state index contributed by atoms with van der Waals surface area (Å²) in [6.07, 6.45) is 2.12. The molecule has 1 aliphatic heterocycles. The molecule has 4 rings (SSSR count). The SMILES string of the molecule is CNC(=O)c1ccc(C(=O)NNC(=O)c2cnn3c(C4CCN(C(=O)OC(C)(C)C)CC4)cc(=O)[nH]c23)cc1. The largest absolute Gasteiger partial charge is 0.444 e. The predicted molar refractivity (Wildman–Crippen MR) is 140 cm³/mol. The first kappa shape index (κ1) is 27.4. The number of fused-ring (bicyclic) bond motifs is 1. The number of rotatable bonds is 4. The quantitative estimate of drug-likeness (QED) is 0.367. The van der Waals surface area contributed by atoms with Gasteiger partial charge in [0, 0.05) is 43.2 Å². The van der Waals surface area contributed by atoms with Crippen LogP contribution in [0.25, 0.3) is 5.65 Å². The summed E-state index contributed by atoms with van der Waals surface area (Å²) in [5.41, 5.74) is 5.16. The fraction of sp³-hybridized carbons (Fsp3) is 0.385. The molecule has 13 heteroatoms. The fourth-order valence-electron chi connectivity index (χ4n) is 4.32. The second-order valence-electron chi connectivity index (χ2n) is 10.2. The van der Waals surface area contributed by atoms with E-state index in [0.29, 0.717) is 37.2 Å². The summed E-state index contributed by atoms with van der Waals surface area (Å²) in [5, 5.41) is 6.80. The minimum atomic E-state index is -0.673. The molecule has 0 bridgehead atoms. The molecule has 0 aliphatic carbocycles. The number of hydrazine groups is 1. The van der Waals surface area contributed by atoms with Crippen LogP contribution in [0, 0.1) is 0 Å². The van der Waals surface area contributed by atoms with Crippen LogP contribution >= 0.6 is 0 Å². The van der Waals surface area contributed by atoms with Gasteiger partial charge in [-0.15, -0.1) is 0 Å². The van der Waals surface area contributed by atoms with Crippen LogP contribution in [0.1, 0.15) is 76.3 Å². The second kappa shape index (κ2) is 11.0. The van der Waals surface area contributed by atoms with E-state index in [4.69, 9.17) is 4.74 Å². The molecule has 0 unspecified atom stereocenters. The Bertz CT molecular complexity index is 1460. The summed E-state index contributed by atoms with van der Waals surface area (Å²) in [7, 11) is 1.50. The molecule has 1 aliphatic rings. The lowest BCUT2D eigenvalue weighted by atomic mass is 9.93. The van der Waals surface area contributed by atoms with Crippen molar-refractivity contribution in [2.24, 2.45) is 0 Å². The number of nitrogens with zero attached hydrogens (tertiary/aromatic N) is 3. The maximum Gasteiger partial charge on any atom is 0.410 e. The predicted octanol–water partition coefficient (Wildman–Crippen LogP) is 1.57. The zero-order chi connectivity index (χ0) is 28.3. The van der Waals surface area contributed by atoms with Crippen molar-refractivity contribution in [3.63, 3.8) is 0 Å². The number of aromatic nitrogens is 3. The number of piperidine rings is 1. The molecule has 1 saturated heterocycles. The van der Waals surface area contributed by atoms with Crippen molar-refractivity contribution in [2.45, 2.75) is 45.1 Å². The number of likely N-dealkylation sites (tertiary alicyclic amines) is 1. The molecule has 206 valence electrons. The van der Waals surface area contributed by atoms with Crippen molar-refractivity contribution in [3.8, 4) is 0 Å². The van der Waals surface area contributed by atoms with Crippen molar-refractivity contribution < 1.29 is 23.9 Å². The molecular weight excluding hydrogens is 506 g/mol. The molecular formula is C26H31N7O6. The van der Waals surface area contributed by atoms with Gasteiger partial charge in [-0.2, -0.15) is 5.10 Å². The Morgan fingerprint density at radius 1 is 0.974 bits per heavy atom. The van der Waals surface area contributed by atoms with Gasteiger partial charge in [0.2, 0.25) is 0 Å². The van der Waals surface area contributed by atoms with Crippen molar-refractivity contribution in [2.75, 3.05) is 20.1 Å². The van der Waals surface area contributed by atoms with Crippen molar-refractivity contribution in [1.29, 1.82) is 0 Å². The topological polar surface area (TPSA) is 167 Å². The van der Waals surface area contributed by atoms with Gasteiger partial charge < -0.3 is 19.9 Å². The number of hydrogen-bond donors (Lipinski definition) is 4. The number of carbonyl (C=O) groups is 4. The van der Waals surface area contributed by atoms with Crippen molar-refractivity contribution >= 4 is 29.5 Å². The molecule has 4 amide bonds. The van der Waals surface area contributed by atoms with Crippen LogP contribution < -0.4 is 21.7 Å². The molecule has 3 heterocycles. The molecule has 0 radical (unpaired) electrons. The van der Waals surface area contributed by atoms with Crippen LogP contribution in [0.4, 0.5) is 4.79 Å². The molecule has 13 nitrogen and oxygen atoms in total. The van der Waals surface area contributed by atoms with E-state index >= 15 is 0 Å². The first-order chi connectivity index (χ1) is 18.5. The Balaban J connectivity index is 1.44. The maximum atomic E-state index is 12.9. The van der Waals surface area contributed by atoms with E-state index in [1.54, 1.807) is 4.90 Å². The first-order valence-corrected chi connectivity index (χ1v) is 12.5. The van der Waals surface area contributed by atoms with E-state index in [1.807, 2.05) is 20.8 Å². The number of ether oxygens (including phenoxy) is 1. The third-order valence-electron chi connectivity index (χ3n) is 6.27. The van der Waals surface area contributed by atoms with Crippen molar-refractivity contribution in [1.82, 2.24) is 35.7 Å². The van der Waals surface area contributed by atoms with E-state index in [1.165, 1.54) is 48.1 Å². The van der Waals surface area contributed by atoms with Crippen LogP contribution in [0.3, 0.4) is 0 Å². The van der Waals surface area contributed by atoms with E-state index in [0.717, 1.165) is 0 Å². The van der Waals surface area contributed by atoms with Gasteiger partial charge in [-0.1, -0.05) is 0 Å². The van der Waals surface area contributed by atoms with Gasteiger partial charge in [-0.25, -0.2) is 9.31 Å². The summed E-state index contributed by atoms with van der Waals surface area (Å²) >= 11 is 0. The number of amides is 4. The summed E-state index contributed by atoms with van der Waals surface area (Å²) in [6.45, 7) is 6.35. The van der Waals surface area contributed by atoms with E-state index in [2.05, 4.69) is 26.3 Å². The molecule has 0 atom stereocenters. The number of benzene rings is 1. The van der Waals surface area contributed by atoms with E-state index < -0.39 is 23.0 Å². The monoisotopic (exact) mass is 537 g/mol. The molecule has 2 aromatic heterocycles. The Morgan fingerprint density at radius 2 is 1.56 bits per heavy atom. The number of H-pyrrole nitrogens is 1. The fourth-order valence-corrected chi connectivity index (χ4v) is 4.32. The number of aromatic amines is 1. The van der Waals surface area contributed by atoms with Crippen LogP contribution in [0.5, 0.6) is 0 Å². The molecule has 4 N–H and O–H groups in total. The molecule has 1 fully saturated rings. The van der Waals surface area contributed by atoms with E-state index in [-0.39, 0.29) is 34.7 Å². The van der Waals surface area contributed by atoms with E-state index in [9.17, 15) is 24.0 Å². The lowest BCUT2D eigenvalue weighted by Gasteiger charge is -2.33.